The van der Waals surface area contributed by atoms with E-state index in [0.29, 0.717) is 11.0 Å². The Morgan fingerprint density at radius 1 is 1.50 bits per heavy atom. The molecule has 0 aromatic carbocycles. The third-order valence-corrected chi connectivity index (χ3v) is 1.67. The summed E-state index contributed by atoms with van der Waals surface area (Å²) in [6.45, 7) is 0. The van der Waals surface area contributed by atoms with Gasteiger partial charge < -0.3 is 10.7 Å². The van der Waals surface area contributed by atoms with Crippen LogP contribution in [0.5, 0.6) is 0 Å². The second kappa shape index (κ2) is 2.34. The Hall–Kier alpha value is -1.84. The third kappa shape index (κ3) is 0.852. The van der Waals surface area contributed by atoms with E-state index < -0.39 is 0 Å². The number of hydrogen-bond acceptors (Lipinski definition) is 3. The molecule has 4 heteroatoms. The van der Waals surface area contributed by atoms with Gasteiger partial charge in [-0.1, -0.05) is 0 Å². The highest BCUT2D eigenvalue weighted by atomic mass is 16.1. The maximum atomic E-state index is 11.3. The van der Waals surface area contributed by atoms with Gasteiger partial charge in [-0.3, -0.25) is 9.78 Å². The maximum absolute atomic E-state index is 11.3. The van der Waals surface area contributed by atoms with Crippen molar-refractivity contribution in [1.29, 1.82) is 0 Å². The van der Waals surface area contributed by atoms with Gasteiger partial charge in [-0.25, -0.2) is 0 Å². The molecule has 4 nitrogen and oxygen atoms in total. The summed E-state index contributed by atoms with van der Waals surface area (Å²) >= 11 is 0. The van der Waals surface area contributed by atoms with Gasteiger partial charge in [0.1, 0.15) is 5.52 Å². The number of nitrogens with zero attached hydrogens (tertiary/aromatic N) is 1. The number of rotatable bonds is 0. The van der Waals surface area contributed by atoms with E-state index in [4.69, 9.17) is 5.73 Å². The number of fused-ring (bicyclic) bond motifs is 1. The minimum absolute atomic E-state index is 0.196. The monoisotopic (exact) mass is 161 g/mol. The van der Waals surface area contributed by atoms with Crippen LogP contribution in [-0.4, -0.2) is 9.97 Å². The van der Waals surface area contributed by atoms with Crippen molar-refractivity contribution in [1.82, 2.24) is 9.97 Å². The van der Waals surface area contributed by atoms with Crippen molar-refractivity contribution in [3.63, 3.8) is 0 Å². The average Bonchev–Trinajstić information content (AvgIpc) is 2.12. The Bertz CT molecular complexity index is 475. The van der Waals surface area contributed by atoms with Crippen molar-refractivity contribution in [3.8, 4) is 0 Å². The van der Waals surface area contributed by atoms with Crippen molar-refractivity contribution < 1.29 is 0 Å². The standard InChI is InChI=1S/C8H7N3O/c9-5-4-11-6-2-1-3-10-7(6)8(5)12/h1-4H,9H2,(H,11,12). The summed E-state index contributed by atoms with van der Waals surface area (Å²) in [5, 5.41) is 0. The lowest BCUT2D eigenvalue weighted by molar-refractivity contribution is 1.32. The summed E-state index contributed by atoms with van der Waals surface area (Å²) in [5.41, 5.74) is 6.47. The van der Waals surface area contributed by atoms with Crippen LogP contribution in [-0.2, 0) is 0 Å². The van der Waals surface area contributed by atoms with E-state index in [9.17, 15) is 4.79 Å². The fraction of sp³-hybridized carbons (Fsp3) is 0. The molecule has 3 N–H and O–H groups in total. The van der Waals surface area contributed by atoms with Gasteiger partial charge in [-0.05, 0) is 12.1 Å². The number of H-pyrrole nitrogens is 1. The van der Waals surface area contributed by atoms with Crippen LogP contribution < -0.4 is 11.2 Å². The molecule has 2 heterocycles. The van der Waals surface area contributed by atoms with Crippen LogP contribution in [0.3, 0.4) is 0 Å². The predicted octanol–water partition coefficient (Wildman–Crippen LogP) is 0.505. The normalized spacial score (nSPS) is 10.3. The Kier molecular flexibility index (Phi) is 1.33. The van der Waals surface area contributed by atoms with Gasteiger partial charge in [0.25, 0.3) is 0 Å². The zero-order valence-corrected chi connectivity index (χ0v) is 6.24. The molecule has 0 fully saturated rings. The summed E-state index contributed by atoms with van der Waals surface area (Å²) in [4.78, 5) is 18.1. The molecular formula is C8H7N3O. The summed E-state index contributed by atoms with van der Waals surface area (Å²) in [6.07, 6.45) is 3.04. The molecule has 0 aliphatic heterocycles. The predicted molar refractivity (Wildman–Crippen MR) is 46.8 cm³/mol. The molecule has 0 atom stereocenters. The number of nitrogens with two attached hydrogens (primary N) is 1. The molecule has 0 radical (unpaired) electrons. The second-order valence-electron chi connectivity index (χ2n) is 2.47. The summed E-state index contributed by atoms with van der Waals surface area (Å²) in [6, 6.07) is 3.54. The van der Waals surface area contributed by atoms with Crippen LogP contribution in [0.4, 0.5) is 5.69 Å². The van der Waals surface area contributed by atoms with Crippen molar-refractivity contribution in [2.24, 2.45) is 0 Å². The zero-order chi connectivity index (χ0) is 8.55. The van der Waals surface area contributed by atoms with E-state index in [2.05, 4.69) is 9.97 Å². The largest absolute Gasteiger partial charge is 0.394 e. The van der Waals surface area contributed by atoms with Gasteiger partial charge >= 0.3 is 0 Å². The third-order valence-electron chi connectivity index (χ3n) is 1.67. The van der Waals surface area contributed by atoms with E-state index in [1.807, 2.05) is 0 Å². The highest BCUT2D eigenvalue weighted by Gasteiger charge is 2.00. The first-order valence-electron chi connectivity index (χ1n) is 3.51. The maximum Gasteiger partial charge on any atom is 0.230 e. The number of hydrogen-bond donors (Lipinski definition) is 2. The van der Waals surface area contributed by atoms with Crippen LogP contribution in [0, 0.1) is 0 Å². The number of nitrogens with one attached hydrogen (secondary N) is 1. The Morgan fingerprint density at radius 2 is 2.33 bits per heavy atom. The van der Waals surface area contributed by atoms with Crippen LogP contribution in [0.25, 0.3) is 11.0 Å². The first-order chi connectivity index (χ1) is 5.79. The fourth-order valence-electron chi connectivity index (χ4n) is 1.06. The van der Waals surface area contributed by atoms with Crippen molar-refractivity contribution in [2.75, 3.05) is 5.73 Å². The molecule has 12 heavy (non-hydrogen) atoms. The summed E-state index contributed by atoms with van der Waals surface area (Å²) < 4.78 is 0. The minimum atomic E-state index is -0.218. The lowest BCUT2D eigenvalue weighted by atomic mass is 10.3. The molecule has 0 aliphatic rings. The number of aromatic amines is 1. The molecule has 2 aromatic heterocycles. The van der Waals surface area contributed by atoms with E-state index >= 15 is 0 Å². The molecule has 2 aromatic rings. The van der Waals surface area contributed by atoms with Crippen LogP contribution in [0.1, 0.15) is 0 Å². The Morgan fingerprint density at radius 3 is 3.17 bits per heavy atom. The van der Waals surface area contributed by atoms with E-state index in [1.54, 1.807) is 18.3 Å². The molecular weight excluding hydrogens is 154 g/mol. The van der Waals surface area contributed by atoms with Gasteiger partial charge in [0, 0.05) is 12.4 Å². The molecule has 0 saturated carbocycles. The number of anilines is 1. The second-order valence-corrected chi connectivity index (χ2v) is 2.47. The molecule has 60 valence electrons. The Balaban J connectivity index is 3.01. The van der Waals surface area contributed by atoms with Gasteiger partial charge in [-0.2, -0.15) is 0 Å². The van der Waals surface area contributed by atoms with E-state index in [1.165, 1.54) is 6.20 Å². The molecule has 0 amide bonds. The first kappa shape index (κ1) is 6.84. The topological polar surface area (TPSA) is 71.8 Å². The highest BCUT2D eigenvalue weighted by Crippen LogP contribution is 2.03. The lowest BCUT2D eigenvalue weighted by Crippen LogP contribution is -2.09. The molecule has 0 bridgehead atoms. The number of pyridine rings is 2. The quantitative estimate of drug-likeness (QED) is 0.591. The zero-order valence-electron chi connectivity index (χ0n) is 6.24. The lowest BCUT2D eigenvalue weighted by Gasteiger charge is -1.96. The minimum Gasteiger partial charge on any atom is -0.394 e. The molecule has 0 aliphatic carbocycles. The van der Waals surface area contributed by atoms with Gasteiger partial charge in [0.2, 0.25) is 5.43 Å². The van der Waals surface area contributed by atoms with E-state index in [-0.39, 0.29) is 11.1 Å². The summed E-state index contributed by atoms with van der Waals surface area (Å²) in [5.74, 6) is 0. The van der Waals surface area contributed by atoms with Gasteiger partial charge in [0.05, 0.1) is 11.2 Å². The SMILES string of the molecule is Nc1c[nH]c2cccnc2c1=O. The molecule has 2 rings (SSSR count). The Labute approximate surface area is 68.1 Å². The van der Waals surface area contributed by atoms with Gasteiger partial charge in [0.15, 0.2) is 0 Å². The molecule has 0 spiro atoms. The van der Waals surface area contributed by atoms with Crippen LogP contribution in [0.15, 0.2) is 29.3 Å². The summed E-state index contributed by atoms with van der Waals surface area (Å²) in [7, 11) is 0. The smallest absolute Gasteiger partial charge is 0.230 e. The number of aromatic nitrogens is 2. The first-order valence-corrected chi connectivity index (χ1v) is 3.51. The average molecular weight is 161 g/mol. The number of nitrogen functional groups attached to an aromatic ring is 1. The van der Waals surface area contributed by atoms with Gasteiger partial charge in [-0.15, -0.1) is 0 Å². The highest BCUT2D eigenvalue weighted by molar-refractivity contribution is 5.76. The van der Waals surface area contributed by atoms with Crippen molar-refractivity contribution in [2.45, 2.75) is 0 Å². The van der Waals surface area contributed by atoms with E-state index in [0.717, 1.165) is 0 Å². The van der Waals surface area contributed by atoms with Crippen molar-refractivity contribution in [3.05, 3.63) is 34.7 Å². The van der Waals surface area contributed by atoms with Crippen LogP contribution in [0.2, 0.25) is 0 Å². The van der Waals surface area contributed by atoms with Crippen molar-refractivity contribution >= 4 is 16.7 Å². The molecule has 0 unspecified atom stereocenters. The molecule has 0 saturated heterocycles. The fourth-order valence-corrected chi connectivity index (χ4v) is 1.06. The van der Waals surface area contributed by atoms with Crippen LogP contribution >= 0.6 is 0 Å².